The first-order chi connectivity index (χ1) is 8.19. The molecule has 0 unspecified atom stereocenters. The number of amides is 1. The zero-order chi connectivity index (χ0) is 12.7. The molecule has 0 aliphatic rings. The van der Waals surface area contributed by atoms with Gasteiger partial charge in [-0.25, -0.2) is 5.84 Å². The average molecular weight is 242 g/mol. The highest BCUT2D eigenvalue weighted by Gasteiger charge is 2.13. The summed E-state index contributed by atoms with van der Waals surface area (Å²) in [6.45, 7) is 5.65. The van der Waals surface area contributed by atoms with Gasteiger partial charge in [-0.3, -0.25) is 10.2 Å². The normalized spacial score (nSPS) is 10.5. The number of carbonyl (C=O) groups excluding carboxylic acids is 1. The molecule has 0 bridgehead atoms. The molecule has 6 heteroatoms. The third-order valence-electron chi connectivity index (χ3n) is 2.16. The van der Waals surface area contributed by atoms with E-state index < -0.39 is 0 Å². The summed E-state index contributed by atoms with van der Waals surface area (Å²) < 4.78 is 15.8. The van der Waals surface area contributed by atoms with E-state index in [1.165, 1.54) is 0 Å². The average Bonchev–Trinajstić information content (AvgIpc) is 2.69. The van der Waals surface area contributed by atoms with Crippen LogP contribution in [-0.2, 0) is 16.1 Å². The van der Waals surface area contributed by atoms with Crippen LogP contribution in [0, 0.1) is 6.92 Å². The van der Waals surface area contributed by atoms with Crippen molar-refractivity contribution in [1.29, 1.82) is 0 Å². The molecule has 1 amide bonds. The SMILES string of the molecule is CCOCCOCc1cc(C(=O)NN)c(C)o1. The van der Waals surface area contributed by atoms with Gasteiger partial charge >= 0.3 is 0 Å². The lowest BCUT2D eigenvalue weighted by atomic mass is 10.2. The van der Waals surface area contributed by atoms with Crippen LogP contribution in [0.25, 0.3) is 0 Å². The molecule has 0 atom stereocenters. The maximum atomic E-state index is 11.3. The summed E-state index contributed by atoms with van der Waals surface area (Å²) in [7, 11) is 0. The second-order valence-electron chi connectivity index (χ2n) is 3.41. The molecule has 0 aliphatic carbocycles. The number of carbonyl (C=O) groups is 1. The highest BCUT2D eigenvalue weighted by atomic mass is 16.5. The molecule has 96 valence electrons. The van der Waals surface area contributed by atoms with Crippen molar-refractivity contribution in [1.82, 2.24) is 5.43 Å². The number of hydrogen-bond acceptors (Lipinski definition) is 5. The van der Waals surface area contributed by atoms with Crippen molar-refractivity contribution < 1.29 is 18.7 Å². The Labute approximate surface area is 100 Å². The van der Waals surface area contributed by atoms with Gasteiger partial charge in [0.1, 0.15) is 18.1 Å². The summed E-state index contributed by atoms with van der Waals surface area (Å²) in [5.74, 6) is 5.80. The van der Waals surface area contributed by atoms with Crippen LogP contribution < -0.4 is 11.3 Å². The van der Waals surface area contributed by atoms with E-state index in [2.05, 4.69) is 5.43 Å². The zero-order valence-electron chi connectivity index (χ0n) is 10.1. The van der Waals surface area contributed by atoms with Gasteiger partial charge in [-0.15, -0.1) is 0 Å². The first kappa shape index (κ1) is 13.7. The second kappa shape index (κ2) is 7.05. The van der Waals surface area contributed by atoms with E-state index >= 15 is 0 Å². The number of furan rings is 1. The standard InChI is InChI=1S/C11H18N2O4/c1-3-15-4-5-16-7-9-6-10(8(2)17-9)11(14)13-12/h6H,3-5,7,12H2,1-2H3,(H,13,14). The minimum Gasteiger partial charge on any atom is -0.463 e. The maximum absolute atomic E-state index is 11.3. The number of nitrogen functional groups attached to an aromatic ring is 1. The molecule has 3 N–H and O–H groups in total. The van der Waals surface area contributed by atoms with Gasteiger partial charge in [0.2, 0.25) is 0 Å². The van der Waals surface area contributed by atoms with Crippen molar-refractivity contribution in [3.05, 3.63) is 23.2 Å². The van der Waals surface area contributed by atoms with E-state index in [9.17, 15) is 4.79 Å². The Morgan fingerprint density at radius 2 is 2.18 bits per heavy atom. The molecule has 0 spiro atoms. The van der Waals surface area contributed by atoms with Crippen molar-refractivity contribution in [2.45, 2.75) is 20.5 Å². The molecule has 0 saturated heterocycles. The van der Waals surface area contributed by atoms with E-state index in [1.54, 1.807) is 13.0 Å². The number of hydrogen-bond donors (Lipinski definition) is 2. The molecular weight excluding hydrogens is 224 g/mol. The number of ether oxygens (including phenoxy) is 2. The van der Waals surface area contributed by atoms with Crippen molar-refractivity contribution in [3.8, 4) is 0 Å². The van der Waals surface area contributed by atoms with Crippen molar-refractivity contribution in [2.75, 3.05) is 19.8 Å². The highest BCUT2D eigenvalue weighted by molar-refractivity contribution is 5.94. The third-order valence-corrected chi connectivity index (χ3v) is 2.16. The van der Waals surface area contributed by atoms with E-state index in [0.29, 0.717) is 43.5 Å². The van der Waals surface area contributed by atoms with Crippen molar-refractivity contribution in [2.24, 2.45) is 5.84 Å². The molecule has 0 aliphatic heterocycles. The van der Waals surface area contributed by atoms with Gasteiger partial charge in [-0.1, -0.05) is 0 Å². The summed E-state index contributed by atoms with van der Waals surface area (Å²) >= 11 is 0. The predicted molar refractivity (Wildman–Crippen MR) is 61.2 cm³/mol. The Bertz CT molecular complexity index is 362. The molecule has 1 rings (SSSR count). The Morgan fingerprint density at radius 1 is 1.47 bits per heavy atom. The minimum absolute atomic E-state index is 0.311. The Morgan fingerprint density at radius 3 is 2.82 bits per heavy atom. The van der Waals surface area contributed by atoms with Gasteiger partial charge in [-0.05, 0) is 19.9 Å². The van der Waals surface area contributed by atoms with Gasteiger partial charge in [-0.2, -0.15) is 0 Å². The summed E-state index contributed by atoms with van der Waals surface area (Å²) in [4.78, 5) is 11.3. The van der Waals surface area contributed by atoms with Gasteiger partial charge in [0, 0.05) is 6.61 Å². The maximum Gasteiger partial charge on any atom is 0.268 e. The quantitative estimate of drug-likeness (QED) is 0.319. The largest absolute Gasteiger partial charge is 0.463 e. The number of aryl methyl sites for hydroxylation is 1. The summed E-state index contributed by atoms with van der Waals surface area (Å²) in [5.41, 5.74) is 2.49. The lowest BCUT2D eigenvalue weighted by Gasteiger charge is -2.01. The smallest absolute Gasteiger partial charge is 0.268 e. The van der Waals surface area contributed by atoms with Crippen LogP contribution in [0.15, 0.2) is 10.5 Å². The van der Waals surface area contributed by atoms with E-state index in [0.717, 1.165) is 0 Å². The Balaban J connectivity index is 2.42. The number of hydrazine groups is 1. The molecule has 0 aromatic carbocycles. The van der Waals surface area contributed by atoms with Crippen molar-refractivity contribution in [3.63, 3.8) is 0 Å². The predicted octanol–water partition coefficient (Wildman–Crippen LogP) is 0.745. The van der Waals surface area contributed by atoms with Gasteiger partial charge in [0.25, 0.3) is 5.91 Å². The van der Waals surface area contributed by atoms with Crippen molar-refractivity contribution >= 4 is 5.91 Å². The van der Waals surface area contributed by atoms with Crippen LogP contribution in [0.4, 0.5) is 0 Å². The van der Waals surface area contributed by atoms with E-state index in [4.69, 9.17) is 19.7 Å². The Hall–Kier alpha value is -1.37. The summed E-state index contributed by atoms with van der Waals surface area (Å²) in [6, 6.07) is 1.62. The fourth-order valence-electron chi connectivity index (χ4n) is 1.35. The summed E-state index contributed by atoms with van der Waals surface area (Å²) in [6.07, 6.45) is 0. The van der Waals surface area contributed by atoms with Crippen LogP contribution in [-0.4, -0.2) is 25.7 Å². The molecule has 0 radical (unpaired) electrons. The van der Waals surface area contributed by atoms with Crippen LogP contribution in [0.2, 0.25) is 0 Å². The number of rotatable bonds is 7. The number of nitrogens with one attached hydrogen (secondary N) is 1. The third kappa shape index (κ3) is 4.18. The highest BCUT2D eigenvalue weighted by Crippen LogP contribution is 2.15. The van der Waals surface area contributed by atoms with Gasteiger partial charge in [0.05, 0.1) is 18.8 Å². The molecule has 1 aromatic heterocycles. The van der Waals surface area contributed by atoms with E-state index in [1.807, 2.05) is 6.92 Å². The molecule has 0 saturated carbocycles. The first-order valence-electron chi connectivity index (χ1n) is 5.44. The molecule has 0 fully saturated rings. The molecule has 6 nitrogen and oxygen atoms in total. The lowest BCUT2D eigenvalue weighted by Crippen LogP contribution is -2.30. The summed E-state index contributed by atoms with van der Waals surface area (Å²) in [5, 5.41) is 0. The fraction of sp³-hybridized carbons (Fsp3) is 0.545. The molecular formula is C11H18N2O4. The first-order valence-corrected chi connectivity index (χ1v) is 5.44. The van der Waals surface area contributed by atoms with Crippen LogP contribution in [0.1, 0.15) is 28.8 Å². The molecule has 1 heterocycles. The monoisotopic (exact) mass is 242 g/mol. The zero-order valence-corrected chi connectivity index (χ0v) is 10.1. The molecule has 17 heavy (non-hydrogen) atoms. The minimum atomic E-state index is -0.369. The lowest BCUT2D eigenvalue weighted by molar-refractivity contribution is 0.0388. The van der Waals surface area contributed by atoms with Gasteiger partial charge < -0.3 is 13.9 Å². The second-order valence-corrected chi connectivity index (χ2v) is 3.41. The Kier molecular flexibility index (Phi) is 5.68. The van der Waals surface area contributed by atoms with Crippen LogP contribution in [0.3, 0.4) is 0 Å². The molecule has 1 aromatic rings. The van der Waals surface area contributed by atoms with E-state index in [-0.39, 0.29) is 5.91 Å². The topological polar surface area (TPSA) is 86.7 Å². The van der Waals surface area contributed by atoms with Gasteiger partial charge in [0.15, 0.2) is 0 Å². The fourth-order valence-corrected chi connectivity index (χ4v) is 1.35. The van der Waals surface area contributed by atoms with Crippen LogP contribution in [0.5, 0.6) is 0 Å². The van der Waals surface area contributed by atoms with Crippen LogP contribution >= 0.6 is 0 Å². The number of nitrogens with two attached hydrogens (primary N) is 1.